The van der Waals surface area contributed by atoms with Crippen LogP contribution in [0.2, 0.25) is 0 Å². The topological polar surface area (TPSA) is 57.6 Å². The summed E-state index contributed by atoms with van der Waals surface area (Å²) < 4.78 is 39.1. The van der Waals surface area contributed by atoms with Gasteiger partial charge in [0, 0.05) is 19.2 Å². The summed E-state index contributed by atoms with van der Waals surface area (Å²) in [4.78, 5) is 0.00348. The van der Waals surface area contributed by atoms with Crippen LogP contribution in [0.15, 0.2) is 23.1 Å². The van der Waals surface area contributed by atoms with E-state index in [1.807, 2.05) is 13.8 Å². The number of nitrogens with zero attached hydrogens (tertiary/aromatic N) is 1. The van der Waals surface area contributed by atoms with Gasteiger partial charge in [-0.15, -0.1) is 0 Å². The zero-order valence-electron chi connectivity index (χ0n) is 11.4. The van der Waals surface area contributed by atoms with E-state index in [0.717, 1.165) is 12.5 Å². The molecule has 19 heavy (non-hydrogen) atoms. The molecule has 0 spiro atoms. The van der Waals surface area contributed by atoms with Crippen LogP contribution in [0.5, 0.6) is 0 Å². The highest BCUT2D eigenvalue weighted by Gasteiger charge is 2.22. The highest BCUT2D eigenvalue weighted by atomic mass is 32.2. The Kier molecular flexibility index (Phi) is 5.46. The molecule has 0 amide bonds. The van der Waals surface area contributed by atoms with Crippen LogP contribution in [0.1, 0.15) is 25.8 Å². The van der Waals surface area contributed by atoms with Crippen LogP contribution >= 0.6 is 0 Å². The van der Waals surface area contributed by atoms with E-state index < -0.39 is 22.4 Å². The van der Waals surface area contributed by atoms with Gasteiger partial charge in [-0.25, -0.2) is 17.1 Å². The average Bonchev–Trinajstić information content (AvgIpc) is 2.38. The third kappa shape index (κ3) is 3.75. The summed E-state index contributed by atoms with van der Waals surface area (Å²) in [6.07, 6.45) is 0.880. The maximum atomic E-state index is 13.3. The Morgan fingerprint density at radius 2 is 2.05 bits per heavy atom. The minimum absolute atomic E-state index is 0.00348. The van der Waals surface area contributed by atoms with E-state index in [1.54, 1.807) is 0 Å². The maximum Gasteiger partial charge on any atom is 0.242 e. The van der Waals surface area contributed by atoms with Gasteiger partial charge in [0.15, 0.2) is 0 Å². The van der Waals surface area contributed by atoms with Crippen LogP contribution < -0.4 is 0 Å². The van der Waals surface area contributed by atoms with Gasteiger partial charge in [-0.05, 0) is 24.1 Å². The second kappa shape index (κ2) is 6.45. The van der Waals surface area contributed by atoms with E-state index >= 15 is 0 Å². The van der Waals surface area contributed by atoms with E-state index in [9.17, 15) is 12.8 Å². The molecule has 1 unspecified atom stereocenters. The standard InChI is InChI=1S/C13H20FNO3S/c1-4-10(2)8-15(3)19(17,18)12-5-6-13(14)11(7-12)9-16/h5-7,10,16H,4,8-9H2,1-3H3. The molecule has 0 saturated heterocycles. The van der Waals surface area contributed by atoms with Gasteiger partial charge >= 0.3 is 0 Å². The molecule has 0 fully saturated rings. The van der Waals surface area contributed by atoms with Gasteiger partial charge in [-0.2, -0.15) is 0 Å². The summed E-state index contributed by atoms with van der Waals surface area (Å²) in [6.45, 7) is 3.84. The molecule has 1 aromatic carbocycles. The van der Waals surface area contributed by atoms with Crippen molar-refractivity contribution in [2.45, 2.75) is 31.8 Å². The van der Waals surface area contributed by atoms with Gasteiger partial charge in [0.25, 0.3) is 0 Å². The lowest BCUT2D eigenvalue weighted by atomic mass is 10.1. The maximum absolute atomic E-state index is 13.3. The van der Waals surface area contributed by atoms with Crippen molar-refractivity contribution in [3.8, 4) is 0 Å². The molecule has 0 aliphatic heterocycles. The number of hydrogen-bond acceptors (Lipinski definition) is 3. The number of benzene rings is 1. The molecular formula is C13H20FNO3S. The van der Waals surface area contributed by atoms with E-state index in [4.69, 9.17) is 5.11 Å². The predicted octanol–water partition coefficient (Wildman–Crippen LogP) is 1.98. The first-order valence-corrected chi connectivity index (χ1v) is 7.62. The van der Waals surface area contributed by atoms with Crippen molar-refractivity contribution < 1.29 is 17.9 Å². The molecule has 0 aliphatic carbocycles. The second-order valence-corrected chi connectivity index (χ2v) is 6.76. The molecule has 1 N–H and O–H groups in total. The van der Waals surface area contributed by atoms with Crippen LogP contribution in [-0.4, -0.2) is 31.4 Å². The van der Waals surface area contributed by atoms with Crippen molar-refractivity contribution in [1.29, 1.82) is 0 Å². The van der Waals surface area contributed by atoms with Crippen molar-refractivity contribution in [2.75, 3.05) is 13.6 Å². The summed E-state index contributed by atoms with van der Waals surface area (Å²) in [5.74, 6) is -0.358. The van der Waals surface area contributed by atoms with Crippen molar-refractivity contribution >= 4 is 10.0 Å². The molecule has 108 valence electrons. The lowest BCUT2D eigenvalue weighted by Crippen LogP contribution is -2.31. The zero-order valence-corrected chi connectivity index (χ0v) is 12.2. The highest BCUT2D eigenvalue weighted by Crippen LogP contribution is 2.19. The molecular weight excluding hydrogens is 269 g/mol. The SMILES string of the molecule is CCC(C)CN(C)S(=O)(=O)c1ccc(F)c(CO)c1. The zero-order chi connectivity index (χ0) is 14.6. The first-order valence-electron chi connectivity index (χ1n) is 6.18. The smallest absolute Gasteiger partial charge is 0.242 e. The fourth-order valence-corrected chi connectivity index (χ4v) is 3.02. The summed E-state index contributed by atoms with van der Waals surface area (Å²) in [5, 5.41) is 8.98. The van der Waals surface area contributed by atoms with Gasteiger partial charge < -0.3 is 5.11 Å². The summed E-state index contributed by atoms with van der Waals surface area (Å²) in [7, 11) is -2.13. The van der Waals surface area contributed by atoms with E-state index in [-0.39, 0.29) is 16.4 Å². The van der Waals surface area contributed by atoms with Crippen LogP contribution in [0.4, 0.5) is 4.39 Å². The molecule has 0 radical (unpaired) electrons. The second-order valence-electron chi connectivity index (χ2n) is 4.71. The summed E-state index contributed by atoms with van der Waals surface area (Å²) >= 11 is 0. The molecule has 0 heterocycles. The number of aliphatic hydroxyl groups is 1. The quantitative estimate of drug-likeness (QED) is 0.871. The Bertz CT molecular complexity index is 531. The Morgan fingerprint density at radius 3 is 2.58 bits per heavy atom. The number of halogens is 1. The third-order valence-electron chi connectivity index (χ3n) is 3.16. The van der Waals surface area contributed by atoms with E-state index in [1.165, 1.54) is 23.5 Å². The molecule has 0 aliphatic rings. The Hall–Kier alpha value is -0.980. The number of sulfonamides is 1. The summed E-state index contributed by atoms with van der Waals surface area (Å²) in [6, 6.07) is 3.46. The van der Waals surface area contributed by atoms with Gasteiger partial charge in [-0.1, -0.05) is 20.3 Å². The molecule has 0 aromatic heterocycles. The van der Waals surface area contributed by atoms with Crippen molar-refractivity contribution in [3.63, 3.8) is 0 Å². The largest absolute Gasteiger partial charge is 0.392 e. The Morgan fingerprint density at radius 1 is 1.42 bits per heavy atom. The van der Waals surface area contributed by atoms with Gasteiger partial charge in [-0.3, -0.25) is 0 Å². The lowest BCUT2D eigenvalue weighted by molar-refractivity contribution is 0.275. The van der Waals surface area contributed by atoms with Crippen LogP contribution in [-0.2, 0) is 16.6 Å². The number of aliphatic hydroxyl groups excluding tert-OH is 1. The van der Waals surface area contributed by atoms with Gasteiger partial charge in [0.1, 0.15) is 5.82 Å². The van der Waals surface area contributed by atoms with Crippen molar-refractivity contribution in [3.05, 3.63) is 29.6 Å². The first-order chi connectivity index (χ1) is 8.82. The fraction of sp³-hybridized carbons (Fsp3) is 0.538. The molecule has 1 rings (SSSR count). The van der Waals surface area contributed by atoms with Crippen LogP contribution in [0, 0.1) is 11.7 Å². The van der Waals surface area contributed by atoms with E-state index in [0.29, 0.717) is 6.54 Å². The number of hydrogen-bond donors (Lipinski definition) is 1. The monoisotopic (exact) mass is 289 g/mol. The van der Waals surface area contributed by atoms with Crippen molar-refractivity contribution in [1.82, 2.24) is 4.31 Å². The average molecular weight is 289 g/mol. The Balaban J connectivity index is 3.06. The molecule has 6 heteroatoms. The minimum atomic E-state index is -3.64. The van der Waals surface area contributed by atoms with E-state index in [2.05, 4.69) is 0 Å². The fourth-order valence-electron chi connectivity index (χ4n) is 1.68. The Labute approximate surface area is 113 Å². The molecule has 0 saturated carbocycles. The molecule has 1 atom stereocenters. The molecule has 4 nitrogen and oxygen atoms in total. The molecule has 0 bridgehead atoms. The number of rotatable bonds is 6. The highest BCUT2D eigenvalue weighted by molar-refractivity contribution is 7.89. The predicted molar refractivity (Wildman–Crippen MR) is 71.6 cm³/mol. The van der Waals surface area contributed by atoms with Crippen molar-refractivity contribution in [2.24, 2.45) is 5.92 Å². The first kappa shape index (κ1) is 16.1. The normalized spacial score (nSPS) is 13.8. The lowest BCUT2D eigenvalue weighted by Gasteiger charge is -2.20. The molecule has 1 aromatic rings. The van der Waals surface area contributed by atoms with Crippen LogP contribution in [0.25, 0.3) is 0 Å². The minimum Gasteiger partial charge on any atom is -0.392 e. The summed E-state index contributed by atoms with van der Waals surface area (Å²) in [5.41, 5.74) is -0.0157. The van der Waals surface area contributed by atoms with Gasteiger partial charge in [0.2, 0.25) is 10.0 Å². The van der Waals surface area contributed by atoms with Gasteiger partial charge in [0.05, 0.1) is 11.5 Å². The third-order valence-corrected chi connectivity index (χ3v) is 4.98. The van der Waals surface area contributed by atoms with Crippen LogP contribution in [0.3, 0.4) is 0 Å².